The quantitative estimate of drug-likeness (QED) is 0.287. The van der Waals surface area contributed by atoms with Crippen LogP contribution in [-0.2, 0) is 16.1 Å². The van der Waals surface area contributed by atoms with E-state index in [1.54, 1.807) is 11.8 Å². The van der Waals surface area contributed by atoms with Gasteiger partial charge in [-0.25, -0.2) is 0 Å². The summed E-state index contributed by atoms with van der Waals surface area (Å²) in [6, 6.07) is 14.0. The molecule has 34 heavy (non-hydrogen) atoms. The number of hydrogen-bond acceptors (Lipinski definition) is 4. The second-order valence-electron chi connectivity index (χ2n) is 8.40. The van der Waals surface area contributed by atoms with Gasteiger partial charge < -0.3 is 14.5 Å². The summed E-state index contributed by atoms with van der Waals surface area (Å²) >= 11 is 1.69. The maximum absolute atomic E-state index is 13.2. The molecular weight excluding hydrogens is 444 g/mol. The summed E-state index contributed by atoms with van der Waals surface area (Å²) in [7, 11) is 0. The molecule has 174 valence electrons. The van der Waals surface area contributed by atoms with Crippen molar-refractivity contribution in [3.05, 3.63) is 66.0 Å². The molecule has 0 unspecified atom stereocenters. The fraction of sp³-hybridized carbons (Fsp3) is 0.259. The van der Waals surface area contributed by atoms with Crippen LogP contribution >= 0.6 is 11.8 Å². The Balaban J connectivity index is 1.74. The molecule has 0 atom stereocenters. The first kappa shape index (κ1) is 22.5. The summed E-state index contributed by atoms with van der Waals surface area (Å²) in [5.41, 5.74) is 4.46. The smallest absolute Gasteiger partial charge is 0.259 e. The van der Waals surface area contributed by atoms with Crippen LogP contribution in [0.15, 0.2) is 59.8 Å². The van der Waals surface area contributed by atoms with Crippen LogP contribution in [0.1, 0.15) is 25.0 Å². The lowest BCUT2D eigenvalue weighted by atomic mass is 9.95. The summed E-state index contributed by atoms with van der Waals surface area (Å²) in [6.45, 7) is 8.04. The highest BCUT2D eigenvalue weighted by atomic mass is 32.2. The number of carbonyl (C=O) groups is 2. The van der Waals surface area contributed by atoms with Gasteiger partial charge in [-0.3, -0.25) is 14.9 Å². The number of H-pyrrole nitrogens is 1. The molecule has 0 saturated carbocycles. The zero-order valence-electron chi connectivity index (χ0n) is 19.6. The summed E-state index contributed by atoms with van der Waals surface area (Å²) < 4.78 is 2.24. The molecule has 0 saturated heterocycles. The maximum Gasteiger partial charge on any atom is 0.259 e. The van der Waals surface area contributed by atoms with E-state index in [2.05, 4.69) is 52.1 Å². The first-order valence-electron chi connectivity index (χ1n) is 11.6. The van der Waals surface area contributed by atoms with Crippen LogP contribution in [0.25, 0.3) is 33.0 Å². The monoisotopic (exact) mass is 472 g/mol. The van der Waals surface area contributed by atoms with Crippen molar-refractivity contribution in [2.24, 2.45) is 0 Å². The van der Waals surface area contributed by atoms with E-state index >= 15 is 0 Å². The third kappa shape index (κ3) is 3.65. The van der Waals surface area contributed by atoms with Crippen molar-refractivity contribution in [1.29, 1.82) is 0 Å². The van der Waals surface area contributed by atoms with E-state index in [0.29, 0.717) is 11.1 Å². The first-order chi connectivity index (χ1) is 16.6. The van der Waals surface area contributed by atoms with Crippen LogP contribution in [0, 0.1) is 0 Å². The fourth-order valence-corrected chi connectivity index (χ4v) is 5.54. The van der Waals surface area contributed by atoms with Crippen molar-refractivity contribution in [2.75, 3.05) is 25.9 Å². The Kier molecular flexibility index (Phi) is 6.06. The molecule has 5 rings (SSSR count). The molecule has 3 heterocycles. The average molecular weight is 473 g/mol. The minimum atomic E-state index is -0.352. The molecule has 0 radical (unpaired) electrons. The van der Waals surface area contributed by atoms with Gasteiger partial charge in [0, 0.05) is 57.8 Å². The standard InChI is InChI=1S/C27H28N4O2S/c1-4-30(5-2)13-14-31-16-20(18-10-8-12-22(34-3)25(18)31)24-23(26(32)29-27(24)33)19-15-28-21-11-7-6-9-17(19)21/h6-12,15-16,28H,4-5,13-14H2,1-3H3,(H,29,32,33). The van der Waals surface area contributed by atoms with Crippen molar-refractivity contribution < 1.29 is 9.59 Å². The van der Waals surface area contributed by atoms with Gasteiger partial charge in [-0.2, -0.15) is 0 Å². The highest BCUT2D eigenvalue weighted by Gasteiger charge is 2.35. The topological polar surface area (TPSA) is 70.1 Å². The lowest BCUT2D eigenvalue weighted by molar-refractivity contribution is -0.122. The third-order valence-corrected chi connectivity index (χ3v) is 7.46. The lowest BCUT2D eigenvalue weighted by Crippen LogP contribution is -2.26. The number of hydrogen-bond donors (Lipinski definition) is 2. The van der Waals surface area contributed by atoms with Gasteiger partial charge in [0.2, 0.25) is 0 Å². The number of likely N-dealkylation sites (N-methyl/N-ethyl adjacent to an activating group) is 1. The Hall–Kier alpha value is -3.29. The maximum atomic E-state index is 13.2. The van der Waals surface area contributed by atoms with Crippen molar-refractivity contribution in [3.8, 4) is 0 Å². The third-order valence-electron chi connectivity index (χ3n) is 6.69. The minimum absolute atomic E-state index is 0.345. The van der Waals surface area contributed by atoms with Gasteiger partial charge >= 0.3 is 0 Å². The number of aromatic nitrogens is 2. The number of aromatic amines is 1. The molecule has 6 nitrogen and oxygen atoms in total. The van der Waals surface area contributed by atoms with E-state index in [0.717, 1.165) is 64.0 Å². The van der Waals surface area contributed by atoms with E-state index in [1.165, 1.54) is 0 Å². The van der Waals surface area contributed by atoms with E-state index in [4.69, 9.17) is 0 Å². The van der Waals surface area contributed by atoms with Crippen molar-refractivity contribution in [2.45, 2.75) is 25.3 Å². The number of fused-ring (bicyclic) bond motifs is 2. The molecule has 1 aliphatic heterocycles. The van der Waals surface area contributed by atoms with E-state index < -0.39 is 0 Å². The molecule has 2 aromatic carbocycles. The van der Waals surface area contributed by atoms with Crippen LogP contribution in [0.4, 0.5) is 0 Å². The van der Waals surface area contributed by atoms with Crippen LogP contribution in [-0.4, -0.2) is 52.2 Å². The summed E-state index contributed by atoms with van der Waals surface area (Å²) in [5, 5.41) is 4.47. The number of nitrogens with one attached hydrogen (secondary N) is 2. The Morgan fingerprint density at radius 1 is 0.912 bits per heavy atom. The number of nitrogens with zero attached hydrogens (tertiary/aromatic N) is 2. The Morgan fingerprint density at radius 3 is 2.35 bits per heavy atom. The predicted octanol–water partition coefficient (Wildman–Crippen LogP) is 4.75. The zero-order valence-corrected chi connectivity index (χ0v) is 20.5. The molecular formula is C27H28N4O2S. The van der Waals surface area contributed by atoms with Crippen LogP contribution in [0.5, 0.6) is 0 Å². The molecule has 0 bridgehead atoms. The van der Waals surface area contributed by atoms with E-state index in [1.807, 2.05) is 42.6 Å². The van der Waals surface area contributed by atoms with E-state index in [-0.39, 0.29) is 11.8 Å². The number of carbonyl (C=O) groups excluding carboxylic acids is 2. The van der Waals surface area contributed by atoms with Crippen LogP contribution in [0.3, 0.4) is 0 Å². The van der Waals surface area contributed by atoms with Gasteiger partial charge in [0.05, 0.1) is 16.7 Å². The number of thioether (sulfide) groups is 1. The molecule has 2 aromatic heterocycles. The minimum Gasteiger partial charge on any atom is -0.361 e. The fourth-order valence-electron chi connectivity index (χ4n) is 4.90. The van der Waals surface area contributed by atoms with Gasteiger partial charge in [-0.05, 0) is 31.5 Å². The van der Waals surface area contributed by atoms with Crippen molar-refractivity contribution in [1.82, 2.24) is 19.8 Å². The molecule has 7 heteroatoms. The Morgan fingerprint density at radius 2 is 1.62 bits per heavy atom. The normalized spacial score (nSPS) is 14.2. The van der Waals surface area contributed by atoms with Gasteiger partial charge in [0.25, 0.3) is 11.8 Å². The largest absolute Gasteiger partial charge is 0.361 e. The molecule has 2 N–H and O–H groups in total. The van der Waals surface area contributed by atoms with Crippen LogP contribution < -0.4 is 5.32 Å². The molecule has 0 spiro atoms. The molecule has 0 fully saturated rings. The summed E-state index contributed by atoms with van der Waals surface area (Å²) in [5.74, 6) is -0.697. The molecule has 1 aliphatic rings. The number of amides is 2. The number of imide groups is 1. The average Bonchev–Trinajstić information content (AvgIpc) is 3.52. The number of benzene rings is 2. The second-order valence-corrected chi connectivity index (χ2v) is 9.25. The van der Waals surface area contributed by atoms with Crippen molar-refractivity contribution >= 4 is 56.5 Å². The Labute approximate surface area is 203 Å². The second kappa shape index (κ2) is 9.16. The molecule has 2 amide bonds. The molecule has 0 aliphatic carbocycles. The Bertz CT molecular complexity index is 1440. The van der Waals surface area contributed by atoms with Crippen molar-refractivity contribution in [3.63, 3.8) is 0 Å². The lowest BCUT2D eigenvalue weighted by Gasteiger charge is -2.19. The number of rotatable bonds is 8. The van der Waals surface area contributed by atoms with Gasteiger partial charge in [0.1, 0.15) is 0 Å². The highest BCUT2D eigenvalue weighted by Crippen LogP contribution is 2.40. The predicted molar refractivity (Wildman–Crippen MR) is 140 cm³/mol. The summed E-state index contributed by atoms with van der Waals surface area (Å²) in [4.78, 5) is 33.0. The first-order valence-corrected chi connectivity index (χ1v) is 12.8. The highest BCUT2D eigenvalue weighted by molar-refractivity contribution is 7.98. The van der Waals surface area contributed by atoms with E-state index in [9.17, 15) is 9.59 Å². The van der Waals surface area contributed by atoms with Gasteiger partial charge in [-0.15, -0.1) is 11.8 Å². The van der Waals surface area contributed by atoms with Gasteiger partial charge in [0.15, 0.2) is 0 Å². The van der Waals surface area contributed by atoms with Crippen LogP contribution in [0.2, 0.25) is 0 Å². The summed E-state index contributed by atoms with van der Waals surface area (Å²) in [6.07, 6.45) is 5.94. The molecule has 4 aromatic rings. The SMILES string of the molecule is CCN(CC)CCn1cc(C2=C(c3c[nH]c4ccccc34)C(=O)NC2=O)c2cccc(SC)c21. The number of para-hydroxylation sites is 2. The zero-order chi connectivity index (χ0) is 23.8. The van der Waals surface area contributed by atoms with Gasteiger partial charge in [-0.1, -0.05) is 44.2 Å².